The van der Waals surface area contributed by atoms with Crippen molar-refractivity contribution in [3.8, 4) is 17.0 Å². The van der Waals surface area contributed by atoms with Gasteiger partial charge in [-0.25, -0.2) is 0 Å². The molecule has 1 heterocycles. The number of fused-ring (bicyclic) bond motifs is 2. The molecule has 5 nitrogen and oxygen atoms in total. The molecule has 0 atom stereocenters. The molecule has 1 aliphatic rings. The fourth-order valence-corrected chi connectivity index (χ4v) is 3.29. The van der Waals surface area contributed by atoms with Crippen LogP contribution in [0, 0.1) is 0 Å². The zero-order chi connectivity index (χ0) is 15.4. The number of aromatic hydroxyl groups is 1. The molecule has 3 N–H and O–H groups in total. The lowest BCUT2D eigenvalue weighted by Gasteiger charge is -2.16. The van der Waals surface area contributed by atoms with E-state index in [0.29, 0.717) is 34.9 Å². The second kappa shape index (κ2) is 4.56. The lowest BCUT2D eigenvalue weighted by atomic mass is 9.87. The van der Waals surface area contributed by atoms with Gasteiger partial charge in [-0.05, 0) is 18.2 Å². The lowest BCUT2D eigenvalue weighted by Crippen LogP contribution is -2.10. The number of nitrogens with two attached hydrogens (primary N) is 1. The Balaban J connectivity index is 2.19. The smallest absolute Gasteiger partial charge is 0.199 e. The van der Waals surface area contributed by atoms with Crippen molar-refractivity contribution in [3.63, 3.8) is 0 Å². The zero-order valence-corrected chi connectivity index (χ0v) is 12.3. The Bertz CT molecular complexity index is 946. The summed E-state index contributed by atoms with van der Waals surface area (Å²) < 4.78 is 1.77. The molecule has 0 radical (unpaired) electrons. The Morgan fingerprint density at radius 2 is 2.05 bits per heavy atom. The highest BCUT2D eigenvalue weighted by atomic mass is 35.5. The summed E-state index contributed by atoms with van der Waals surface area (Å²) in [6.07, 6.45) is 0. The third-order valence-electron chi connectivity index (χ3n) is 3.96. The van der Waals surface area contributed by atoms with Gasteiger partial charge in [0.1, 0.15) is 11.4 Å². The third kappa shape index (κ3) is 1.58. The van der Waals surface area contributed by atoms with Crippen LogP contribution in [0.2, 0.25) is 5.02 Å². The van der Waals surface area contributed by atoms with E-state index in [1.807, 2.05) is 6.07 Å². The number of ketones is 1. The van der Waals surface area contributed by atoms with Crippen LogP contribution in [0.15, 0.2) is 30.3 Å². The molecule has 0 unspecified atom stereocenters. The molecule has 0 bridgehead atoms. The Kier molecular flexibility index (Phi) is 2.76. The molecule has 22 heavy (non-hydrogen) atoms. The third-order valence-corrected chi connectivity index (χ3v) is 4.28. The molecule has 0 saturated heterocycles. The Labute approximate surface area is 130 Å². The van der Waals surface area contributed by atoms with Gasteiger partial charge < -0.3 is 10.8 Å². The molecule has 1 aliphatic carbocycles. The Morgan fingerprint density at radius 1 is 1.23 bits per heavy atom. The van der Waals surface area contributed by atoms with Gasteiger partial charge in [-0.2, -0.15) is 5.10 Å². The van der Waals surface area contributed by atoms with E-state index in [-0.39, 0.29) is 17.1 Å². The number of carbonyl (C=O) groups is 1. The lowest BCUT2D eigenvalue weighted by molar-refractivity contribution is 0.103. The number of phenols is 1. The topological polar surface area (TPSA) is 81.1 Å². The van der Waals surface area contributed by atoms with E-state index >= 15 is 0 Å². The van der Waals surface area contributed by atoms with Gasteiger partial charge in [0, 0.05) is 17.5 Å². The van der Waals surface area contributed by atoms with E-state index in [1.54, 1.807) is 22.9 Å². The van der Waals surface area contributed by atoms with Crippen molar-refractivity contribution in [2.24, 2.45) is 5.73 Å². The summed E-state index contributed by atoms with van der Waals surface area (Å²) in [6, 6.07) is 8.50. The second-order valence-electron chi connectivity index (χ2n) is 5.21. The normalized spacial score (nSPS) is 12.7. The second-order valence-corrected chi connectivity index (χ2v) is 5.61. The number of phenolic OH excluding ortho intramolecular Hbond substituents is 1. The van der Waals surface area contributed by atoms with Crippen molar-refractivity contribution in [1.29, 1.82) is 0 Å². The number of hydrogen-bond donors (Lipinski definition) is 2. The number of aromatic nitrogens is 2. The van der Waals surface area contributed by atoms with Gasteiger partial charge in [0.25, 0.3) is 0 Å². The molecule has 0 spiro atoms. The maximum atomic E-state index is 12.8. The Hall–Kier alpha value is -2.37. The summed E-state index contributed by atoms with van der Waals surface area (Å²) >= 11 is 6.25. The van der Waals surface area contributed by atoms with Crippen LogP contribution in [0.3, 0.4) is 0 Å². The highest BCUT2D eigenvalue weighted by molar-refractivity contribution is 6.39. The van der Waals surface area contributed by atoms with Crippen molar-refractivity contribution in [1.82, 2.24) is 9.78 Å². The van der Waals surface area contributed by atoms with Crippen molar-refractivity contribution in [2.75, 3.05) is 6.54 Å². The number of benzene rings is 2. The average molecular weight is 314 g/mol. The van der Waals surface area contributed by atoms with Crippen LogP contribution in [0.25, 0.3) is 22.2 Å². The van der Waals surface area contributed by atoms with Gasteiger partial charge in [0.05, 0.1) is 28.2 Å². The van der Waals surface area contributed by atoms with Crippen molar-refractivity contribution in [2.45, 2.75) is 6.54 Å². The minimum absolute atomic E-state index is 0.0606. The zero-order valence-electron chi connectivity index (χ0n) is 11.5. The van der Waals surface area contributed by atoms with Crippen LogP contribution >= 0.6 is 11.6 Å². The molecule has 2 aromatic carbocycles. The first-order chi connectivity index (χ1) is 10.6. The van der Waals surface area contributed by atoms with Gasteiger partial charge in [0.2, 0.25) is 0 Å². The van der Waals surface area contributed by atoms with Crippen molar-refractivity contribution in [3.05, 3.63) is 46.5 Å². The molecule has 3 aromatic rings. The van der Waals surface area contributed by atoms with Crippen LogP contribution < -0.4 is 5.73 Å². The van der Waals surface area contributed by atoms with E-state index < -0.39 is 0 Å². The molecule has 0 aliphatic heterocycles. The number of rotatable bonds is 2. The Morgan fingerprint density at radius 3 is 2.82 bits per heavy atom. The van der Waals surface area contributed by atoms with E-state index in [1.165, 1.54) is 6.07 Å². The van der Waals surface area contributed by atoms with Gasteiger partial charge >= 0.3 is 0 Å². The molecule has 0 fully saturated rings. The quantitative estimate of drug-likeness (QED) is 0.596. The fraction of sp³-hybridized carbons (Fsp3) is 0.125. The van der Waals surface area contributed by atoms with Crippen molar-refractivity contribution < 1.29 is 9.90 Å². The first-order valence-electron chi connectivity index (χ1n) is 6.89. The summed E-state index contributed by atoms with van der Waals surface area (Å²) in [5.74, 6) is -0.335. The summed E-state index contributed by atoms with van der Waals surface area (Å²) in [4.78, 5) is 12.8. The monoisotopic (exact) mass is 313 g/mol. The minimum atomic E-state index is -0.275. The SMILES string of the molecule is NCCn1nc2c3c(c(Cl)ccc31)C(=O)c1c(O)cccc1-2. The first kappa shape index (κ1) is 13.3. The maximum absolute atomic E-state index is 12.8. The van der Waals surface area contributed by atoms with Gasteiger partial charge in [-0.3, -0.25) is 9.48 Å². The van der Waals surface area contributed by atoms with Crippen molar-refractivity contribution >= 4 is 28.3 Å². The van der Waals surface area contributed by atoms with Crippen LogP contribution in [0.1, 0.15) is 15.9 Å². The maximum Gasteiger partial charge on any atom is 0.199 e. The largest absolute Gasteiger partial charge is 0.507 e. The average Bonchev–Trinajstić information content (AvgIpc) is 2.85. The molecule has 110 valence electrons. The number of halogens is 1. The van der Waals surface area contributed by atoms with E-state index in [0.717, 1.165) is 10.9 Å². The predicted octanol–water partition coefficient (Wildman–Crippen LogP) is 2.57. The van der Waals surface area contributed by atoms with E-state index in [2.05, 4.69) is 5.10 Å². The highest BCUT2D eigenvalue weighted by Crippen LogP contribution is 2.43. The number of nitrogens with zero attached hydrogens (tertiary/aromatic N) is 2. The number of carbonyl (C=O) groups excluding carboxylic acids is 1. The van der Waals surface area contributed by atoms with Crippen LogP contribution in [0.5, 0.6) is 5.75 Å². The fourth-order valence-electron chi connectivity index (χ4n) is 3.05. The molecule has 4 rings (SSSR count). The standard InChI is InChI=1S/C16H12ClN3O2/c17-9-4-5-10-14-13(9)16(22)12-8(2-1-3-11(12)21)15(14)19-20(10)7-6-18/h1-5,21H,6-7,18H2. The predicted molar refractivity (Wildman–Crippen MR) is 84.3 cm³/mol. The van der Waals surface area contributed by atoms with Crippen LogP contribution in [-0.2, 0) is 6.54 Å². The summed E-state index contributed by atoms with van der Waals surface area (Å²) in [5.41, 5.74) is 8.39. The number of hydrogen-bond acceptors (Lipinski definition) is 4. The molecule has 1 aromatic heterocycles. The molecule has 6 heteroatoms. The molecular weight excluding hydrogens is 302 g/mol. The molecule has 0 saturated carbocycles. The van der Waals surface area contributed by atoms with Gasteiger partial charge in [0.15, 0.2) is 5.78 Å². The van der Waals surface area contributed by atoms with E-state index in [4.69, 9.17) is 17.3 Å². The first-order valence-corrected chi connectivity index (χ1v) is 7.27. The summed E-state index contributed by atoms with van der Waals surface area (Å²) in [6.45, 7) is 0.981. The summed E-state index contributed by atoms with van der Waals surface area (Å²) in [5, 5.41) is 15.8. The minimum Gasteiger partial charge on any atom is -0.507 e. The van der Waals surface area contributed by atoms with Crippen LogP contribution in [-0.4, -0.2) is 27.2 Å². The molecular formula is C16H12ClN3O2. The summed E-state index contributed by atoms with van der Waals surface area (Å²) in [7, 11) is 0. The highest BCUT2D eigenvalue weighted by Gasteiger charge is 2.32. The van der Waals surface area contributed by atoms with Gasteiger partial charge in [-0.15, -0.1) is 0 Å². The van der Waals surface area contributed by atoms with Crippen LogP contribution in [0.4, 0.5) is 0 Å². The van der Waals surface area contributed by atoms with Gasteiger partial charge in [-0.1, -0.05) is 23.7 Å². The van der Waals surface area contributed by atoms with E-state index in [9.17, 15) is 9.90 Å². The molecule has 0 amide bonds.